The van der Waals surface area contributed by atoms with Crippen molar-refractivity contribution in [2.75, 3.05) is 13.1 Å². The normalized spacial score (nSPS) is 28.1. The van der Waals surface area contributed by atoms with Crippen molar-refractivity contribution in [3.8, 4) is 0 Å². The van der Waals surface area contributed by atoms with Crippen molar-refractivity contribution in [1.82, 2.24) is 5.32 Å². The van der Waals surface area contributed by atoms with Crippen LogP contribution >= 0.6 is 0 Å². The molecular formula is C22H30N2. The molecule has 2 atom stereocenters. The van der Waals surface area contributed by atoms with E-state index in [1.54, 1.807) is 6.08 Å². The Morgan fingerprint density at radius 3 is 2.58 bits per heavy atom. The Morgan fingerprint density at radius 2 is 2.00 bits per heavy atom. The first kappa shape index (κ1) is 18.3. The number of allylic oxidation sites excluding steroid dienone is 10. The number of hydrogen-bond acceptors (Lipinski definition) is 2. The molecule has 0 amide bonds. The van der Waals surface area contributed by atoms with Crippen LogP contribution in [-0.2, 0) is 0 Å². The molecule has 0 spiro atoms. The van der Waals surface area contributed by atoms with Gasteiger partial charge in [0.1, 0.15) is 0 Å². The summed E-state index contributed by atoms with van der Waals surface area (Å²) >= 11 is 0. The maximum atomic E-state index is 6.53. The lowest BCUT2D eigenvalue weighted by Gasteiger charge is -2.49. The molecule has 2 heteroatoms. The van der Waals surface area contributed by atoms with Crippen molar-refractivity contribution in [3.05, 3.63) is 84.7 Å². The summed E-state index contributed by atoms with van der Waals surface area (Å²) in [4.78, 5) is 0. The third kappa shape index (κ3) is 3.25. The molecule has 1 aliphatic carbocycles. The number of nitrogens with one attached hydrogen (secondary N) is 1. The minimum absolute atomic E-state index is 0.118. The second-order valence-electron chi connectivity index (χ2n) is 6.72. The first-order chi connectivity index (χ1) is 11.5. The number of hydrogen-bond donors (Lipinski definition) is 2. The molecule has 0 aromatic heterocycles. The van der Waals surface area contributed by atoms with Crippen LogP contribution in [0.15, 0.2) is 84.7 Å². The highest BCUT2D eigenvalue weighted by Crippen LogP contribution is 2.51. The van der Waals surface area contributed by atoms with Crippen LogP contribution in [0.25, 0.3) is 0 Å². The lowest BCUT2D eigenvalue weighted by molar-refractivity contribution is 0.142. The Balaban J connectivity index is 2.46. The van der Waals surface area contributed by atoms with Gasteiger partial charge >= 0.3 is 0 Å². The average molecular weight is 322 g/mol. The van der Waals surface area contributed by atoms with Crippen molar-refractivity contribution in [1.29, 1.82) is 0 Å². The molecule has 1 fully saturated rings. The van der Waals surface area contributed by atoms with Crippen LogP contribution < -0.4 is 11.1 Å². The van der Waals surface area contributed by atoms with Crippen molar-refractivity contribution in [3.63, 3.8) is 0 Å². The molecule has 0 unspecified atom stereocenters. The van der Waals surface area contributed by atoms with E-state index in [-0.39, 0.29) is 5.41 Å². The van der Waals surface area contributed by atoms with Crippen LogP contribution in [0, 0.1) is 11.3 Å². The molecule has 0 bridgehead atoms. The fraction of sp³-hybridized carbons (Fsp3) is 0.364. The van der Waals surface area contributed by atoms with Crippen molar-refractivity contribution in [2.24, 2.45) is 17.1 Å². The Hall–Kier alpha value is -2.06. The van der Waals surface area contributed by atoms with Gasteiger partial charge in [-0.1, -0.05) is 50.6 Å². The van der Waals surface area contributed by atoms with E-state index in [0.29, 0.717) is 5.92 Å². The highest BCUT2D eigenvalue weighted by atomic mass is 14.9. The lowest BCUT2D eigenvalue weighted by atomic mass is 9.58. The molecule has 24 heavy (non-hydrogen) atoms. The number of rotatable bonds is 6. The van der Waals surface area contributed by atoms with E-state index in [4.69, 9.17) is 5.73 Å². The molecule has 2 nitrogen and oxygen atoms in total. The highest BCUT2D eigenvalue weighted by Gasteiger charge is 2.45. The molecule has 3 N–H and O–H groups in total. The van der Waals surface area contributed by atoms with E-state index in [2.05, 4.69) is 50.7 Å². The van der Waals surface area contributed by atoms with Crippen LogP contribution in [0.5, 0.6) is 0 Å². The molecule has 1 saturated heterocycles. The van der Waals surface area contributed by atoms with E-state index in [1.165, 1.54) is 11.1 Å². The maximum absolute atomic E-state index is 6.53. The minimum Gasteiger partial charge on any atom is -0.402 e. The summed E-state index contributed by atoms with van der Waals surface area (Å²) in [5, 5.41) is 3.55. The second kappa shape index (κ2) is 7.67. The minimum atomic E-state index is 0.118. The average Bonchev–Trinajstić information content (AvgIpc) is 2.60. The maximum Gasteiger partial charge on any atom is 0.0122 e. The van der Waals surface area contributed by atoms with Gasteiger partial charge in [-0.05, 0) is 73.6 Å². The van der Waals surface area contributed by atoms with Crippen molar-refractivity contribution >= 4 is 0 Å². The molecular weight excluding hydrogens is 292 g/mol. The molecule has 128 valence electrons. The largest absolute Gasteiger partial charge is 0.402 e. The van der Waals surface area contributed by atoms with E-state index in [0.717, 1.165) is 49.2 Å². The molecule has 0 saturated carbocycles. The molecule has 0 radical (unpaired) electrons. The van der Waals surface area contributed by atoms with Crippen molar-refractivity contribution in [2.45, 2.75) is 26.2 Å². The zero-order chi connectivity index (χ0) is 17.7. The summed E-state index contributed by atoms with van der Waals surface area (Å²) in [6, 6.07) is 0. The van der Waals surface area contributed by atoms with Gasteiger partial charge in [-0.15, -0.1) is 0 Å². The van der Waals surface area contributed by atoms with E-state index >= 15 is 0 Å². The van der Waals surface area contributed by atoms with Gasteiger partial charge in [0.15, 0.2) is 0 Å². The van der Waals surface area contributed by atoms with Crippen LogP contribution in [0.1, 0.15) is 26.2 Å². The number of piperidine rings is 1. The van der Waals surface area contributed by atoms with E-state index in [1.807, 2.05) is 12.2 Å². The molecule has 2 aliphatic rings. The summed E-state index contributed by atoms with van der Waals surface area (Å²) in [6.07, 6.45) is 12.9. The van der Waals surface area contributed by atoms with Crippen molar-refractivity contribution < 1.29 is 0 Å². The third-order valence-electron chi connectivity index (χ3n) is 5.58. The molecule has 0 aromatic rings. The predicted molar refractivity (Wildman–Crippen MR) is 105 cm³/mol. The molecule has 1 heterocycles. The Bertz CT molecular complexity index is 645. The quantitative estimate of drug-likeness (QED) is 0.703. The second-order valence-corrected chi connectivity index (χ2v) is 6.72. The smallest absolute Gasteiger partial charge is 0.0122 e. The SMILES string of the molecule is C=CC(=C)/C(C=C)=C\C1=C(N)C[C@]2(/C(C=C)=C/C)CCNC[C@H]2C1. The zero-order valence-corrected chi connectivity index (χ0v) is 14.9. The Morgan fingerprint density at radius 1 is 1.25 bits per heavy atom. The third-order valence-corrected chi connectivity index (χ3v) is 5.58. The number of nitrogens with two attached hydrogens (primary N) is 1. The predicted octanol–water partition coefficient (Wildman–Crippen LogP) is 4.58. The van der Waals surface area contributed by atoms with Crippen LogP contribution in [0.2, 0.25) is 0 Å². The van der Waals surface area contributed by atoms with Gasteiger partial charge in [-0.2, -0.15) is 0 Å². The van der Waals surface area contributed by atoms with Crippen LogP contribution in [0.3, 0.4) is 0 Å². The summed E-state index contributed by atoms with van der Waals surface area (Å²) in [6.45, 7) is 19.9. The fourth-order valence-electron chi connectivity index (χ4n) is 4.17. The van der Waals surface area contributed by atoms with Gasteiger partial charge in [0.05, 0.1) is 0 Å². The summed E-state index contributed by atoms with van der Waals surface area (Å²) in [7, 11) is 0. The lowest BCUT2D eigenvalue weighted by Crippen LogP contribution is -2.48. The summed E-state index contributed by atoms with van der Waals surface area (Å²) in [5.74, 6) is 0.525. The summed E-state index contributed by atoms with van der Waals surface area (Å²) < 4.78 is 0. The fourth-order valence-corrected chi connectivity index (χ4v) is 4.17. The van der Waals surface area contributed by atoms with Gasteiger partial charge in [0, 0.05) is 11.1 Å². The summed E-state index contributed by atoms with van der Waals surface area (Å²) in [5.41, 5.74) is 12.0. The van der Waals surface area contributed by atoms with Crippen LogP contribution in [-0.4, -0.2) is 13.1 Å². The van der Waals surface area contributed by atoms with Gasteiger partial charge in [0.2, 0.25) is 0 Å². The Kier molecular flexibility index (Phi) is 5.84. The first-order valence-corrected chi connectivity index (χ1v) is 8.65. The highest BCUT2D eigenvalue weighted by molar-refractivity contribution is 5.49. The molecule has 2 rings (SSSR count). The standard InChI is InChI=1S/C22H30N2/c1-6-16(5)17(7-2)12-18-13-20-15-24-11-10-22(20,14-21(18)23)19(8-3)9-4/h6-9,12,20,24H,1-3,5,10-11,13-15,23H2,4H3/b17-12-,19-9+/t20-,22+/m1/s1. The molecule has 1 aliphatic heterocycles. The van der Waals surface area contributed by atoms with Gasteiger partial charge < -0.3 is 11.1 Å². The monoisotopic (exact) mass is 322 g/mol. The topological polar surface area (TPSA) is 38.0 Å². The number of fused-ring (bicyclic) bond motifs is 1. The molecule has 0 aromatic carbocycles. The van der Waals surface area contributed by atoms with Crippen LogP contribution in [0.4, 0.5) is 0 Å². The van der Waals surface area contributed by atoms with E-state index < -0.39 is 0 Å². The first-order valence-electron chi connectivity index (χ1n) is 8.65. The van der Waals surface area contributed by atoms with Gasteiger partial charge in [0.25, 0.3) is 0 Å². The van der Waals surface area contributed by atoms with Gasteiger partial charge in [-0.3, -0.25) is 0 Å². The van der Waals surface area contributed by atoms with E-state index in [9.17, 15) is 0 Å². The Labute approximate surface area is 146 Å². The zero-order valence-electron chi connectivity index (χ0n) is 14.9. The van der Waals surface area contributed by atoms with Gasteiger partial charge in [-0.25, -0.2) is 0 Å².